The first-order valence-electron chi connectivity index (χ1n) is 6.88. The first-order chi connectivity index (χ1) is 10.4. The number of nitrogens with zero attached hydrogens (tertiary/aromatic N) is 2. The van der Waals surface area contributed by atoms with Crippen molar-refractivity contribution in [1.29, 1.82) is 0 Å². The van der Waals surface area contributed by atoms with E-state index in [2.05, 4.69) is 10.6 Å². The average Bonchev–Trinajstić information content (AvgIpc) is 2.46. The fourth-order valence-electron chi connectivity index (χ4n) is 1.85. The number of rotatable bonds is 6. The van der Waals surface area contributed by atoms with E-state index in [1.165, 1.54) is 6.07 Å². The Morgan fingerprint density at radius 1 is 1.36 bits per heavy atom. The molecule has 8 nitrogen and oxygen atoms in total. The van der Waals surface area contributed by atoms with Crippen molar-refractivity contribution in [3.8, 4) is 0 Å². The first-order valence-corrected chi connectivity index (χ1v) is 6.88. The second-order valence-electron chi connectivity index (χ2n) is 4.83. The zero-order valence-corrected chi connectivity index (χ0v) is 12.8. The molecular formula is C14H20N4O4. The lowest BCUT2D eigenvalue weighted by atomic mass is 10.1. The molecule has 0 heterocycles. The largest absolute Gasteiger partial charge is 0.338 e. The van der Waals surface area contributed by atoms with Crippen LogP contribution in [0, 0.1) is 10.1 Å². The van der Waals surface area contributed by atoms with Gasteiger partial charge in [0.05, 0.1) is 11.0 Å². The number of para-hydroxylation sites is 1. The van der Waals surface area contributed by atoms with Crippen LogP contribution < -0.4 is 10.6 Å². The lowest BCUT2D eigenvalue weighted by Crippen LogP contribution is -2.48. The maximum absolute atomic E-state index is 11.9. The van der Waals surface area contributed by atoms with E-state index < -0.39 is 22.9 Å². The van der Waals surface area contributed by atoms with Crippen LogP contribution in [0.25, 0.3) is 0 Å². The molecule has 0 radical (unpaired) electrons. The molecule has 1 rings (SSSR count). The Labute approximate surface area is 128 Å². The van der Waals surface area contributed by atoms with Gasteiger partial charge in [-0.05, 0) is 20.9 Å². The van der Waals surface area contributed by atoms with Crippen molar-refractivity contribution in [3.05, 3.63) is 39.9 Å². The minimum absolute atomic E-state index is 0.00526. The average molecular weight is 308 g/mol. The lowest BCUT2D eigenvalue weighted by molar-refractivity contribution is -0.385. The molecular weight excluding hydrogens is 288 g/mol. The molecule has 0 aliphatic carbocycles. The van der Waals surface area contributed by atoms with E-state index in [1.54, 1.807) is 44.0 Å². The number of carbonyl (C=O) groups excluding carboxylic acids is 2. The van der Waals surface area contributed by atoms with Crippen molar-refractivity contribution >= 4 is 17.6 Å². The summed E-state index contributed by atoms with van der Waals surface area (Å²) in [6.45, 7) is 4.01. The second kappa shape index (κ2) is 8.08. The monoisotopic (exact) mass is 308 g/mol. The number of urea groups is 1. The predicted molar refractivity (Wildman–Crippen MR) is 81.2 cm³/mol. The van der Waals surface area contributed by atoms with Gasteiger partial charge in [0.2, 0.25) is 5.91 Å². The van der Waals surface area contributed by atoms with Crippen molar-refractivity contribution in [2.45, 2.75) is 26.4 Å². The van der Waals surface area contributed by atoms with Gasteiger partial charge in [-0.25, -0.2) is 4.79 Å². The van der Waals surface area contributed by atoms with E-state index in [4.69, 9.17) is 0 Å². The molecule has 2 N–H and O–H groups in total. The van der Waals surface area contributed by atoms with E-state index >= 15 is 0 Å². The van der Waals surface area contributed by atoms with Gasteiger partial charge in [-0.15, -0.1) is 0 Å². The van der Waals surface area contributed by atoms with Gasteiger partial charge in [-0.3, -0.25) is 25.1 Å². The fraction of sp³-hybridized carbons (Fsp3) is 0.429. The molecule has 1 aromatic carbocycles. The number of likely N-dealkylation sites (N-methyl/N-ethyl adjacent to an activating group) is 1. The summed E-state index contributed by atoms with van der Waals surface area (Å²) in [6, 6.07) is 5.19. The molecule has 3 amide bonds. The zero-order chi connectivity index (χ0) is 16.7. The van der Waals surface area contributed by atoms with E-state index in [0.29, 0.717) is 12.1 Å². The zero-order valence-electron chi connectivity index (χ0n) is 12.8. The van der Waals surface area contributed by atoms with Crippen LogP contribution in [0.5, 0.6) is 0 Å². The third-order valence-corrected chi connectivity index (χ3v) is 3.22. The fourth-order valence-corrected chi connectivity index (χ4v) is 1.85. The van der Waals surface area contributed by atoms with Crippen molar-refractivity contribution in [1.82, 2.24) is 15.5 Å². The number of hydrogen-bond donors (Lipinski definition) is 2. The number of benzene rings is 1. The highest BCUT2D eigenvalue weighted by atomic mass is 16.6. The third-order valence-electron chi connectivity index (χ3n) is 3.22. The topological polar surface area (TPSA) is 105 Å². The van der Waals surface area contributed by atoms with Crippen LogP contribution in [-0.2, 0) is 11.3 Å². The summed E-state index contributed by atoms with van der Waals surface area (Å²) in [5.74, 6) is -0.466. The van der Waals surface area contributed by atoms with Gasteiger partial charge in [-0.1, -0.05) is 18.2 Å². The van der Waals surface area contributed by atoms with E-state index in [-0.39, 0.29) is 12.2 Å². The van der Waals surface area contributed by atoms with Gasteiger partial charge in [-0.2, -0.15) is 0 Å². The van der Waals surface area contributed by atoms with Crippen molar-refractivity contribution in [2.24, 2.45) is 0 Å². The molecule has 0 aliphatic heterocycles. The standard InChI is InChI=1S/C14H20N4O4/c1-4-15-14(20)16-13(19)10(2)17(3)9-11-7-5-6-8-12(11)18(21)22/h5-8,10H,4,9H2,1-3H3,(H2,15,16,19,20). The lowest BCUT2D eigenvalue weighted by Gasteiger charge is -2.23. The Morgan fingerprint density at radius 2 is 2.00 bits per heavy atom. The normalized spacial score (nSPS) is 11.8. The maximum Gasteiger partial charge on any atom is 0.321 e. The molecule has 1 unspecified atom stereocenters. The number of nitro benzene ring substituents is 1. The Bertz CT molecular complexity index is 562. The minimum atomic E-state index is -0.609. The van der Waals surface area contributed by atoms with Gasteiger partial charge in [0, 0.05) is 24.7 Å². The van der Waals surface area contributed by atoms with Gasteiger partial charge in [0.15, 0.2) is 0 Å². The molecule has 0 bridgehead atoms. The summed E-state index contributed by atoms with van der Waals surface area (Å²) in [6.07, 6.45) is 0. The number of hydrogen-bond acceptors (Lipinski definition) is 5. The van der Waals surface area contributed by atoms with Crippen LogP contribution in [0.1, 0.15) is 19.4 Å². The Balaban J connectivity index is 2.72. The number of carbonyl (C=O) groups is 2. The Kier molecular flexibility index (Phi) is 6.46. The van der Waals surface area contributed by atoms with E-state index in [1.807, 2.05) is 0 Å². The second-order valence-corrected chi connectivity index (χ2v) is 4.83. The van der Waals surface area contributed by atoms with Crippen molar-refractivity contribution in [3.63, 3.8) is 0 Å². The van der Waals surface area contributed by atoms with Crippen LogP contribution in [0.4, 0.5) is 10.5 Å². The van der Waals surface area contributed by atoms with Crippen LogP contribution in [0.15, 0.2) is 24.3 Å². The molecule has 0 aromatic heterocycles. The summed E-state index contributed by atoms with van der Waals surface area (Å²) >= 11 is 0. The summed E-state index contributed by atoms with van der Waals surface area (Å²) in [5, 5.41) is 15.7. The molecule has 22 heavy (non-hydrogen) atoms. The SMILES string of the molecule is CCNC(=O)NC(=O)C(C)N(C)Cc1ccccc1[N+](=O)[O-]. The summed E-state index contributed by atoms with van der Waals surface area (Å²) in [5.41, 5.74) is 0.512. The molecule has 120 valence electrons. The van der Waals surface area contributed by atoms with Crippen molar-refractivity contribution in [2.75, 3.05) is 13.6 Å². The number of amides is 3. The Hall–Kier alpha value is -2.48. The van der Waals surface area contributed by atoms with Gasteiger partial charge >= 0.3 is 6.03 Å². The summed E-state index contributed by atoms with van der Waals surface area (Å²) in [7, 11) is 1.67. The van der Waals surface area contributed by atoms with Gasteiger partial charge in [0.1, 0.15) is 0 Å². The highest BCUT2D eigenvalue weighted by molar-refractivity contribution is 5.96. The van der Waals surface area contributed by atoms with Gasteiger partial charge < -0.3 is 5.32 Å². The van der Waals surface area contributed by atoms with Crippen LogP contribution >= 0.6 is 0 Å². The van der Waals surface area contributed by atoms with Crippen molar-refractivity contribution < 1.29 is 14.5 Å². The molecule has 1 aromatic rings. The number of imide groups is 1. The first kappa shape index (κ1) is 17.6. The smallest absolute Gasteiger partial charge is 0.321 e. The van der Waals surface area contributed by atoms with Gasteiger partial charge in [0.25, 0.3) is 5.69 Å². The quantitative estimate of drug-likeness (QED) is 0.608. The number of nitrogens with one attached hydrogen (secondary N) is 2. The molecule has 0 saturated heterocycles. The molecule has 1 atom stereocenters. The van der Waals surface area contributed by atoms with E-state index in [0.717, 1.165) is 0 Å². The highest BCUT2D eigenvalue weighted by Crippen LogP contribution is 2.19. The number of nitro groups is 1. The summed E-state index contributed by atoms with van der Waals surface area (Å²) in [4.78, 5) is 35.4. The molecule has 0 saturated carbocycles. The van der Waals surface area contributed by atoms with E-state index in [9.17, 15) is 19.7 Å². The minimum Gasteiger partial charge on any atom is -0.338 e. The summed E-state index contributed by atoms with van der Waals surface area (Å²) < 4.78 is 0. The molecule has 0 fully saturated rings. The third kappa shape index (κ3) is 4.81. The molecule has 8 heteroatoms. The van der Waals surface area contributed by atoms with Crippen LogP contribution in [0.3, 0.4) is 0 Å². The van der Waals surface area contributed by atoms with Crippen LogP contribution in [-0.4, -0.2) is 41.4 Å². The maximum atomic E-state index is 11.9. The Morgan fingerprint density at radius 3 is 2.59 bits per heavy atom. The van der Waals surface area contributed by atoms with Crippen LogP contribution in [0.2, 0.25) is 0 Å². The molecule has 0 aliphatic rings. The highest BCUT2D eigenvalue weighted by Gasteiger charge is 2.22. The molecule has 0 spiro atoms. The predicted octanol–water partition coefficient (Wildman–Crippen LogP) is 1.26.